The number of para-hydroxylation sites is 1. The lowest BCUT2D eigenvalue weighted by molar-refractivity contribution is -0.128. The van der Waals surface area contributed by atoms with Crippen molar-refractivity contribution in [2.75, 3.05) is 0 Å². The third-order valence-corrected chi connectivity index (χ3v) is 7.29. The second-order valence-electron chi connectivity index (χ2n) is 7.89. The SMILES string of the molecule is O=C(NCc1ccc(F)cc1)C1(NS(=O)(=O)c2cccc3cccnc23)CCCCC1. The molecule has 0 bridgehead atoms. The molecule has 0 aliphatic heterocycles. The van der Waals surface area contributed by atoms with Crippen molar-refractivity contribution in [1.29, 1.82) is 0 Å². The average molecular weight is 442 g/mol. The van der Waals surface area contributed by atoms with Gasteiger partial charge >= 0.3 is 0 Å². The van der Waals surface area contributed by atoms with Gasteiger partial charge in [-0.2, -0.15) is 4.72 Å². The highest BCUT2D eigenvalue weighted by molar-refractivity contribution is 7.89. The van der Waals surface area contributed by atoms with Crippen LogP contribution in [-0.4, -0.2) is 24.8 Å². The summed E-state index contributed by atoms with van der Waals surface area (Å²) in [6, 6.07) is 14.4. The van der Waals surface area contributed by atoms with Crippen LogP contribution in [-0.2, 0) is 21.4 Å². The third kappa shape index (κ3) is 4.60. The highest BCUT2D eigenvalue weighted by atomic mass is 32.2. The first-order chi connectivity index (χ1) is 14.9. The molecule has 1 aliphatic rings. The first-order valence-corrected chi connectivity index (χ1v) is 11.8. The Morgan fingerprint density at radius 2 is 1.71 bits per heavy atom. The van der Waals surface area contributed by atoms with Gasteiger partial charge in [-0.25, -0.2) is 12.8 Å². The second-order valence-corrected chi connectivity index (χ2v) is 9.54. The van der Waals surface area contributed by atoms with E-state index in [0.717, 1.165) is 24.8 Å². The number of carbonyl (C=O) groups excluding carboxylic acids is 1. The number of fused-ring (bicyclic) bond motifs is 1. The molecule has 4 rings (SSSR count). The van der Waals surface area contributed by atoms with Crippen molar-refractivity contribution in [3.63, 3.8) is 0 Å². The summed E-state index contributed by atoms with van der Waals surface area (Å²) in [5.74, 6) is -0.719. The van der Waals surface area contributed by atoms with Gasteiger partial charge < -0.3 is 5.32 Å². The van der Waals surface area contributed by atoms with Gasteiger partial charge in [0.1, 0.15) is 16.3 Å². The van der Waals surface area contributed by atoms with Gasteiger partial charge in [-0.05, 0) is 42.7 Å². The van der Waals surface area contributed by atoms with Gasteiger partial charge in [0.2, 0.25) is 15.9 Å². The molecular formula is C23H24FN3O3S. The van der Waals surface area contributed by atoms with Gasteiger partial charge in [0.15, 0.2) is 0 Å². The summed E-state index contributed by atoms with van der Waals surface area (Å²) in [6.45, 7) is 0.193. The molecule has 0 atom stereocenters. The normalized spacial score (nSPS) is 16.2. The molecule has 1 fully saturated rings. The van der Waals surface area contributed by atoms with Gasteiger partial charge in [-0.3, -0.25) is 9.78 Å². The number of carbonyl (C=O) groups is 1. The summed E-state index contributed by atoms with van der Waals surface area (Å²) in [7, 11) is -4.00. The molecule has 0 radical (unpaired) electrons. The molecular weight excluding hydrogens is 417 g/mol. The van der Waals surface area contributed by atoms with E-state index >= 15 is 0 Å². The molecule has 2 N–H and O–H groups in total. The number of benzene rings is 2. The number of hydrogen-bond donors (Lipinski definition) is 2. The summed E-state index contributed by atoms with van der Waals surface area (Å²) in [5, 5.41) is 3.55. The average Bonchev–Trinajstić information content (AvgIpc) is 2.78. The van der Waals surface area contributed by atoms with E-state index in [0.29, 0.717) is 23.7 Å². The van der Waals surface area contributed by atoms with Crippen LogP contribution < -0.4 is 10.0 Å². The zero-order valence-electron chi connectivity index (χ0n) is 17.0. The molecule has 1 aromatic heterocycles. The third-order valence-electron chi connectivity index (χ3n) is 5.72. The number of amides is 1. The molecule has 0 spiro atoms. The first-order valence-electron chi connectivity index (χ1n) is 10.3. The molecule has 162 valence electrons. The van der Waals surface area contributed by atoms with Crippen LogP contribution in [0.1, 0.15) is 37.7 Å². The Morgan fingerprint density at radius 1 is 1.00 bits per heavy atom. The predicted octanol–water partition coefficient (Wildman–Crippen LogP) is 3.67. The second kappa shape index (κ2) is 8.72. The van der Waals surface area contributed by atoms with Crippen LogP contribution in [0.2, 0.25) is 0 Å². The first kappa shape index (κ1) is 21.4. The fraction of sp³-hybridized carbons (Fsp3) is 0.304. The van der Waals surface area contributed by atoms with E-state index in [1.165, 1.54) is 18.2 Å². The van der Waals surface area contributed by atoms with Crippen molar-refractivity contribution < 1.29 is 17.6 Å². The van der Waals surface area contributed by atoms with E-state index in [4.69, 9.17) is 0 Å². The van der Waals surface area contributed by atoms with Crippen molar-refractivity contribution in [3.05, 3.63) is 72.2 Å². The minimum Gasteiger partial charge on any atom is -0.350 e. The number of nitrogens with zero attached hydrogens (tertiary/aromatic N) is 1. The number of nitrogens with one attached hydrogen (secondary N) is 2. The highest BCUT2D eigenvalue weighted by Gasteiger charge is 2.43. The molecule has 1 heterocycles. The van der Waals surface area contributed by atoms with Gasteiger partial charge in [0.25, 0.3) is 0 Å². The Labute approximate surface area is 180 Å². The summed E-state index contributed by atoms with van der Waals surface area (Å²) in [4.78, 5) is 17.5. The predicted molar refractivity (Wildman–Crippen MR) is 116 cm³/mol. The molecule has 31 heavy (non-hydrogen) atoms. The van der Waals surface area contributed by atoms with Gasteiger partial charge in [-0.15, -0.1) is 0 Å². The monoisotopic (exact) mass is 441 g/mol. The minimum absolute atomic E-state index is 0.0573. The number of hydrogen-bond acceptors (Lipinski definition) is 4. The maximum absolute atomic E-state index is 13.4. The fourth-order valence-electron chi connectivity index (χ4n) is 4.09. The van der Waals surface area contributed by atoms with E-state index in [-0.39, 0.29) is 23.2 Å². The quantitative estimate of drug-likeness (QED) is 0.611. The van der Waals surface area contributed by atoms with Gasteiger partial charge in [0, 0.05) is 18.1 Å². The number of rotatable bonds is 6. The smallest absolute Gasteiger partial charge is 0.243 e. The molecule has 1 saturated carbocycles. The molecule has 1 amide bonds. The van der Waals surface area contributed by atoms with E-state index in [1.54, 1.807) is 42.6 Å². The summed E-state index contributed by atoms with van der Waals surface area (Å²) in [5.41, 5.74) is -0.120. The van der Waals surface area contributed by atoms with Crippen molar-refractivity contribution in [3.8, 4) is 0 Å². The van der Waals surface area contributed by atoms with E-state index in [1.807, 2.05) is 0 Å². The Kier molecular flexibility index (Phi) is 6.02. The van der Waals surface area contributed by atoms with Gasteiger partial charge in [0.05, 0.1) is 5.52 Å². The Hall–Kier alpha value is -2.84. The zero-order valence-corrected chi connectivity index (χ0v) is 17.8. The van der Waals surface area contributed by atoms with Crippen LogP contribution in [0.4, 0.5) is 4.39 Å². The minimum atomic E-state index is -4.00. The Balaban J connectivity index is 1.61. The van der Waals surface area contributed by atoms with Crippen molar-refractivity contribution in [2.24, 2.45) is 0 Å². The summed E-state index contributed by atoms with van der Waals surface area (Å²) >= 11 is 0. The van der Waals surface area contributed by atoms with Crippen molar-refractivity contribution >= 4 is 26.8 Å². The van der Waals surface area contributed by atoms with Crippen LogP contribution in [0.5, 0.6) is 0 Å². The lowest BCUT2D eigenvalue weighted by atomic mass is 9.82. The largest absolute Gasteiger partial charge is 0.350 e. The number of halogens is 1. The van der Waals surface area contributed by atoms with Crippen molar-refractivity contribution in [2.45, 2.75) is 49.1 Å². The van der Waals surface area contributed by atoms with E-state index in [9.17, 15) is 17.6 Å². The molecule has 0 saturated heterocycles. The van der Waals surface area contributed by atoms with Crippen LogP contribution in [0.25, 0.3) is 10.9 Å². The Morgan fingerprint density at radius 3 is 2.45 bits per heavy atom. The lowest BCUT2D eigenvalue weighted by Gasteiger charge is -2.36. The zero-order chi connectivity index (χ0) is 21.9. The molecule has 0 unspecified atom stereocenters. The number of sulfonamides is 1. The Bertz CT molecular complexity index is 1180. The van der Waals surface area contributed by atoms with Crippen molar-refractivity contribution in [1.82, 2.24) is 15.0 Å². The maximum Gasteiger partial charge on any atom is 0.243 e. The summed E-state index contributed by atoms with van der Waals surface area (Å²) in [6.07, 6.45) is 4.83. The van der Waals surface area contributed by atoms with Crippen LogP contribution >= 0.6 is 0 Å². The lowest BCUT2D eigenvalue weighted by Crippen LogP contribution is -2.59. The number of pyridine rings is 1. The maximum atomic E-state index is 13.4. The number of aromatic nitrogens is 1. The standard InChI is InChI=1S/C23H24FN3O3S/c24-19-11-9-17(10-12-19)16-26-22(28)23(13-2-1-3-14-23)27-31(29,30)20-8-4-6-18-7-5-15-25-21(18)20/h4-12,15,27H,1-3,13-14,16H2,(H,26,28). The molecule has 8 heteroatoms. The topological polar surface area (TPSA) is 88.2 Å². The van der Waals surface area contributed by atoms with Crippen LogP contribution in [0, 0.1) is 5.82 Å². The highest BCUT2D eigenvalue weighted by Crippen LogP contribution is 2.31. The van der Waals surface area contributed by atoms with E-state index < -0.39 is 15.6 Å². The van der Waals surface area contributed by atoms with Gasteiger partial charge in [-0.1, -0.05) is 49.6 Å². The molecule has 6 nitrogen and oxygen atoms in total. The van der Waals surface area contributed by atoms with Crippen LogP contribution in [0.3, 0.4) is 0 Å². The fourth-order valence-corrected chi connectivity index (χ4v) is 5.69. The van der Waals surface area contributed by atoms with E-state index in [2.05, 4.69) is 15.0 Å². The summed E-state index contributed by atoms with van der Waals surface area (Å²) < 4.78 is 42.6. The van der Waals surface area contributed by atoms with Crippen LogP contribution in [0.15, 0.2) is 65.7 Å². The molecule has 1 aliphatic carbocycles. The molecule has 3 aromatic rings. The molecule has 2 aromatic carbocycles.